The van der Waals surface area contributed by atoms with Gasteiger partial charge < -0.3 is 4.48 Å². The monoisotopic (exact) mass is 659 g/mol. The highest BCUT2D eigenvalue weighted by molar-refractivity contribution is 4.72. The minimum Gasteiger partial charge on any atom is -0.317 e. The van der Waals surface area contributed by atoms with Crippen LogP contribution in [-0.4, -0.2) is 30.7 Å². The van der Waals surface area contributed by atoms with Crippen LogP contribution in [0.25, 0.3) is 0 Å². The van der Waals surface area contributed by atoms with Gasteiger partial charge in [0, 0.05) is 0 Å². The van der Waals surface area contributed by atoms with Crippen molar-refractivity contribution in [3.05, 3.63) is 25.3 Å². The molecule has 0 spiro atoms. The molecule has 0 saturated carbocycles. The van der Waals surface area contributed by atoms with Gasteiger partial charge >= 0.3 is 0 Å². The fraction of sp³-hybridized carbons (Fsp3) is 0.913. The highest BCUT2D eigenvalue weighted by Crippen LogP contribution is 2.19. The molecule has 0 N–H and O–H groups in total. The summed E-state index contributed by atoms with van der Waals surface area (Å²) >= 11 is 0. The van der Waals surface area contributed by atoms with Crippen molar-refractivity contribution in [2.45, 2.75) is 245 Å². The summed E-state index contributed by atoms with van der Waals surface area (Å²) in [6.07, 6.45) is 56.5. The molecule has 0 bridgehead atoms. The second-order valence-corrected chi connectivity index (χ2v) is 15.8. The predicted molar refractivity (Wildman–Crippen MR) is 218 cm³/mol. The Bertz CT molecular complexity index is 542. The molecule has 0 aliphatic heterocycles. The van der Waals surface area contributed by atoms with Crippen molar-refractivity contribution in [1.29, 1.82) is 0 Å². The lowest BCUT2D eigenvalue weighted by Gasteiger charge is -2.37. The molecule has 0 fully saturated rings. The molecule has 0 heterocycles. The minimum absolute atomic E-state index is 1.12. The molecule has 0 amide bonds. The van der Waals surface area contributed by atoms with Gasteiger partial charge in [0.15, 0.2) is 0 Å². The normalized spacial score (nSPS) is 11.8. The SMILES string of the molecule is C=CC[N+](CC=C)(CCCCCCCCCCCCCCCCCCCC)CCCCCCCCCCCCCCCCCCCC. The zero-order valence-corrected chi connectivity index (χ0v) is 33.3. The van der Waals surface area contributed by atoms with Crippen LogP contribution >= 0.6 is 0 Å². The summed E-state index contributed by atoms with van der Waals surface area (Å²) in [7, 11) is 0. The van der Waals surface area contributed by atoms with Gasteiger partial charge in [-0.3, -0.25) is 0 Å². The Balaban J connectivity index is 3.69. The van der Waals surface area contributed by atoms with Crippen LogP contribution in [0.5, 0.6) is 0 Å². The molecule has 0 atom stereocenters. The van der Waals surface area contributed by atoms with E-state index in [4.69, 9.17) is 0 Å². The third-order valence-electron chi connectivity index (χ3n) is 11.0. The summed E-state index contributed by atoms with van der Waals surface area (Å²) in [4.78, 5) is 0. The van der Waals surface area contributed by atoms with Crippen LogP contribution in [0.1, 0.15) is 245 Å². The van der Waals surface area contributed by atoms with E-state index < -0.39 is 0 Å². The molecule has 0 rings (SSSR count). The van der Waals surface area contributed by atoms with E-state index in [2.05, 4.69) is 39.2 Å². The molecule has 0 radical (unpaired) electrons. The van der Waals surface area contributed by atoms with E-state index in [1.807, 2.05) is 0 Å². The Hall–Kier alpha value is -0.560. The van der Waals surface area contributed by atoms with Gasteiger partial charge in [0.2, 0.25) is 0 Å². The van der Waals surface area contributed by atoms with Crippen molar-refractivity contribution < 1.29 is 4.48 Å². The minimum atomic E-state index is 1.12. The van der Waals surface area contributed by atoms with Gasteiger partial charge in [-0.2, -0.15) is 0 Å². The van der Waals surface area contributed by atoms with E-state index in [1.54, 1.807) is 0 Å². The second-order valence-electron chi connectivity index (χ2n) is 15.8. The lowest BCUT2D eigenvalue weighted by Crippen LogP contribution is -2.49. The molecule has 0 aromatic heterocycles. The van der Waals surface area contributed by atoms with E-state index >= 15 is 0 Å². The first-order valence-electron chi connectivity index (χ1n) is 22.3. The second kappa shape index (κ2) is 39.9. The number of nitrogens with zero attached hydrogens (tertiary/aromatic N) is 1. The van der Waals surface area contributed by atoms with Crippen molar-refractivity contribution in [3.8, 4) is 0 Å². The van der Waals surface area contributed by atoms with E-state index in [1.165, 1.54) is 249 Å². The molecule has 0 saturated heterocycles. The van der Waals surface area contributed by atoms with Crippen LogP contribution in [-0.2, 0) is 0 Å². The van der Waals surface area contributed by atoms with Gasteiger partial charge in [0.25, 0.3) is 0 Å². The Morgan fingerprint density at radius 1 is 0.277 bits per heavy atom. The first-order chi connectivity index (χ1) is 23.2. The average molecular weight is 659 g/mol. The Kier molecular flexibility index (Phi) is 39.4. The Labute approximate surface area is 300 Å². The number of unbranched alkanes of at least 4 members (excludes halogenated alkanes) is 34. The average Bonchev–Trinajstić information content (AvgIpc) is 3.07. The predicted octanol–water partition coefficient (Wildman–Crippen LogP) is 16.3. The van der Waals surface area contributed by atoms with Crippen molar-refractivity contribution in [2.24, 2.45) is 0 Å². The molecule has 0 aromatic rings. The third kappa shape index (κ3) is 35.1. The molecule has 47 heavy (non-hydrogen) atoms. The maximum absolute atomic E-state index is 4.14. The first kappa shape index (κ1) is 46.4. The molecular formula is C46H92N+. The topological polar surface area (TPSA) is 0 Å². The summed E-state index contributed by atoms with van der Waals surface area (Å²) in [6.45, 7) is 17.8. The number of hydrogen-bond donors (Lipinski definition) is 0. The number of hydrogen-bond acceptors (Lipinski definition) is 0. The Morgan fingerprint density at radius 3 is 0.617 bits per heavy atom. The lowest BCUT2D eigenvalue weighted by atomic mass is 10.0. The maximum Gasteiger partial charge on any atom is 0.0973 e. The van der Waals surface area contributed by atoms with E-state index in [9.17, 15) is 0 Å². The summed E-state index contributed by atoms with van der Waals surface area (Å²) in [5.74, 6) is 0. The standard InChI is InChI=1S/C46H92N/c1-5-9-11-13-15-17-19-21-23-25-27-29-31-33-35-37-39-41-45-47(43-7-3,44-8-4)46-42-40-38-36-34-32-30-28-26-24-22-20-18-16-14-12-10-6-2/h7-8H,3-6,9-46H2,1-2H3/q+1. The highest BCUT2D eigenvalue weighted by Gasteiger charge is 2.23. The van der Waals surface area contributed by atoms with Gasteiger partial charge in [-0.1, -0.05) is 232 Å². The van der Waals surface area contributed by atoms with E-state index in [0.29, 0.717) is 0 Å². The quantitative estimate of drug-likeness (QED) is 0.0348. The molecule has 0 aliphatic rings. The molecule has 0 unspecified atom stereocenters. The Morgan fingerprint density at radius 2 is 0.447 bits per heavy atom. The summed E-state index contributed by atoms with van der Waals surface area (Å²) in [5.41, 5.74) is 0. The van der Waals surface area contributed by atoms with Crippen molar-refractivity contribution >= 4 is 0 Å². The van der Waals surface area contributed by atoms with Crippen molar-refractivity contribution in [2.75, 3.05) is 26.2 Å². The van der Waals surface area contributed by atoms with Gasteiger partial charge in [-0.25, -0.2) is 0 Å². The lowest BCUT2D eigenvalue weighted by molar-refractivity contribution is -0.917. The zero-order chi connectivity index (χ0) is 34.2. The van der Waals surface area contributed by atoms with Crippen LogP contribution in [0.3, 0.4) is 0 Å². The summed E-state index contributed by atoms with van der Waals surface area (Å²) < 4.78 is 1.20. The third-order valence-corrected chi connectivity index (χ3v) is 11.0. The fourth-order valence-corrected chi connectivity index (χ4v) is 7.80. The summed E-state index contributed by atoms with van der Waals surface area (Å²) in [6, 6.07) is 0. The number of quaternary nitrogens is 1. The first-order valence-corrected chi connectivity index (χ1v) is 22.3. The molecular weight excluding hydrogens is 567 g/mol. The van der Waals surface area contributed by atoms with Crippen LogP contribution in [0, 0.1) is 0 Å². The van der Waals surface area contributed by atoms with E-state index in [-0.39, 0.29) is 0 Å². The molecule has 0 aromatic carbocycles. The fourth-order valence-electron chi connectivity index (χ4n) is 7.80. The largest absolute Gasteiger partial charge is 0.317 e. The van der Waals surface area contributed by atoms with Crippen LogP contribution in [0.2, 0.25) is 0 Å². The van der Waals surface area contributed by atoms with Gasteiger partial charge in [-0.15, -0.1) is 0 Å². The summed E-state index contributed by atoms with van der Waals surface area (Å²) in [5, 5.41) is 0. The van der Waals surface area contributed by atoms with Gasteiger partial charge in [-0.05, 0) is 37.8 Å². The zero-order valence-electron chi connectivity index (χ0n) is 33.3. The maximum atomic E-state index is 4.14. The van der Waals surface area contributed by atoms with Crippen molar-refractivity contribution in [3.63, 3.8) is 0 Å². The van der Waals surface area contributed by atoms with Crippen LogP contribution < -0.4 is 0 Å². The molecule has 1 heteroatoms. The smallest absolute Gasteiger partial charge is 0.0973 e. The van der Waals surface area contributed by atoms with Gasteiger partial charge in [0.05, 0.1) is 26.2 Å². The van der Waals surface area contributed by atoms with E-state index in [0.717, 1.165) is 13.1 Å². The highest BCUT2D eigenvalue weighted by atomic mass is 15.3. The van der Waals surface area contributed by atoms with Crippen LogP contribution in [0.4, 0.5) is 0 Å². The molecule has 0 aliphatic carbocycles. The van der Waals surface area contributed by atoms with Gasteiger partial charge in [0.1, 0.15) is 0 Å². The molecule has 1 nitrogen and oxygen atoms in total. The van der Waals surface area contributed by atoms with Crippen LogP contribution in [0.15, 0.2) is 25.3 Å². The number of rotatable bonds is 42. The van der Waals surface area contributed by atoms with Crippen molar-refractivity contribution in [1.82, 2.24) is 0 Å². The molecule has 280 valence electrons.